The van der Waals surface area contributed by atoms with E-state index >= 15 is 0 Å². The first kappa shape index (κ1) is 18.3. The van der Waals surface area contributed by atoms with Crippen molar-refractivity contribution in [1.82, 2.24) is 14.8 Å². The summed E-state index contributed by atoms with van der Waals surface area (Å²) >= 11 is 0. The SMILES string of the molecule is CC(=O)c1c(C)[nH]c(C(=O)N2CCN(Cc3ccccc3F)CC2)c1C. The van der Waals surface area contributed by atoms with E-state index in [1.807, 2.05) is 19.9 Å². The fourth-order valence-electron chi connectivity index (χ4n) is 3.63. The number of rotatable bonds is 4. The number of hydrogen-bond donors (Lipinski definition) is 1. The van der Waals surface area contributed by atoms with Crippen LogP contribution in [0.15, 0.2) is 24.3 Å². The van der Waals surface area contributed by atoms with Gasteiger partial charge in [0.25, 0.3) is 5.91 Å². The summed E-state index contributed by atoms with van der Waals surface area (Å²) in [5.41, 5.74) is 3.22. The molecule has 1 aromatic carbocycles. The molecule has 1 fully saturated rings. The molecule has 138 valence electrons. The first-order chi connectivity index (χ1) is 12.4. The molecule has 1 aromatic heterocycles. The Bertz CT molecular complexity index is 836. The number of carbonyl (C=O) groups excluding carboxylic acids is 2. The maximum atomic E-state index is 13.8. The van der Waals surface area contributed by atoms with Crippen LogP contribution in [0.1, 0.15) is 44.6 Å². The lowest BCUT2D eigenvalue weighted by Crippen LogP contribution is -2.48. The lowest BCUT2D eigenvalue weighted by molar-refractivity contribution is 0.0621. The molecule has 1 aliphatic heterocycles. The van der Waals surface area contributed by atoms with E-state index in [-0.39, 0.29) is 17.5 Å². The molecule has 0 unspecified atom stereocenters. The summed E-state index contributed by atoms with van der Waals surface area (Å²) in [7, 11) is 0. The summed E-state index contributed by atoms with van der Waals surface area (Å²) in [6, 6.07) is 6.78. The van der Waals surface area contributed by atoms with Crippen LogP contribution in [0.4, 0.5) is 4.39 Å². The van der Waals surface area contributed by atoms with Crippen LogP contribution in [0.25, 0.3) is 0 Å². The molecule has 0 bridgehead atoms. The van der Waals surface area contributed by atoms with Crippen molar-refractivity contribution in [1.29, 1.82) is 0 Å². The van der Waals surface area contributed by atoms with E-state index in [1.165, 1.54) is 13.0 Å². The van der Waals surface area contributed by atoms with E-state index in [1.54, 1.807) is 17.0 Å². The quantitative estimate of drug-likeness (QED) is 0.856. The Morgan fingerprint density at radius 3 is 2.35 bits per heavy atom. The van der Waals surface area contributed by atoms with Gasteiger partial charge in [-0.15, -0.1) is 0 Å². The van der Waals surface area contributed by atoms with Gasteiger partial charge in [-0.05, 0) is 32.4 Å². The summed E-state index contributed by atoms with van der Waals surface area (Å²) in [6.45, 7) is 8.23. The fourth-order valence-corrected chi connectivity index (χ4v) is 3.63. The lowest BCUT2D eigenvalue weighted by Gasteiger charge is -2.34. The van der Waals surface area contributed by atoms with Crippen molar-refractivity contribution in [3.05, 3.63) is 58.2 Å². The molecule has 1 saturated heterocycles. The predicted octanol–water partition coefficient (Wildman–Crippen LogP) is 2.93. The molecule has 0 aliphatic carbocycles. The van der Waals surface area contributed by atoms with Crippen LogP contribution in [-0.2, 0) is 6.54 Å². The normalized spacial score (nSPS) is 15.3. The Morgan fingerprint density at radius 1 is 1.12 bits per heavy atom. The monoisotopic (exact) mass is 357 g/mol. The molecule has 1 amide bonds. The largest absolute Gasteiger partial charge is 0.354 e. The molecule has 1 N–H and O–H groups in total. The number of hydrogen-bond acceptors (Lipinski definition) is 3. The molecule has 2 heterocycles. The van der Waals surface area contributed by atoms with Gasteiger partial charge in [-0.2, -0.15) is 0 Å². The van der Waals surface area contributed by atoms with E-state index in [4.69, 9.17) is 0 Å². The highest BCUT2D eigenvalue weighted by Crippen LogP contribution is 2.21. The Balaban J connectivity index is 1.65. The number of benzene rings is 1. The molecule has 0 spiro atoms. The molecule has 0 radical (unpaired) electrons. The van der Waals surface area contributed by atoms with Crippen LogP contribution in [0.2, 0.25) is 0 Å². The van der Waals surface area contributed by atoms with Gasteiger partial charge in [0.05, 0.1) is 0 Å². The maximum absolute atomic E-state index is 13.8. The lowest BCUT2D eigenvalue weighted by atomic mass is 10.1. The molecule has 26 heavy (non-hydrogen) atoms. The van der Waals surface area contributed by atoms with Crippen LogP contribution >= 0.6 is 0 Å². The third kappa shape index (κ3) is 3.55. The number of amides is 1. The first-order valence-corrected chi connectivity index (χ1v) is 8.83. The second-order valence-corrected chi connectivity index (χ2v) is 6.84. The number of aromatic nitrogens is 1. The smallest absolute Gasteiger partial charge is 0.270 e. The molecule has 3 rings (SSSR count). The van der Waals surface area contributed by atoms with E-state index in [2.05, 4.69) is 9.88 Å². The van der Waals surface area contributed by atoms with Gasteiger partial charge >= 0.3 is 0 Å². The molecular formula is C20H24FN3O2. The highest BCUT2D eigenvalue weighted by Gasteiger charge is 2.27. The Labute approximate surface area is 152 Å². The number of piperazine rings is 1. The van der Waals surface area contributed by atoms with Gasteiger partial charge in [0, 0.05) is 49.5 Å². The second kappa shape index (κ2) is 7.41. The third-order valence-electron chi connectivity index (χ3n) is 5.01. The number of carbonyl (C=O) groups is 2. The number of nitrogens with zero attached hydrogens (tertiary/aromatic N) is 2. The maximum Gasteiger partial charge on any atom is 0.270 e. The number of aryl methyl sites for hydroxylation is 1. The van der Waals surface area contributed by atoms with Gasteiger partial charge in [0.2, 0.25) is 0 Å². The van der Waals surface area contributed by atoms with E-state index in [0.717, 1.165) is 5.69 Å². The first-order valence-electron chi connectivity index (χ1n) is 8.83. The van der Waals surface area contributed by atoms with Crippen molar-refractivity contribution in [3.8, 4) is 0 Å². The average molecular weight is 357 g/mol. The summed E-state index contributed by atoms with van der Waals surface area (Å²) in [4.78, 5) is 31.6. The average Bonchev–Trinajstić information content (AvgIpc) is 2.91. The molecule has 0 atom stereocenters. The Kier molecular flexibility index (Phi) is 5.23. The van der Waals surface area contributed by atoms with Crippen molar-refractivity contribution >= 4 is 11.7 Å². The fraction of sp³-hybridized carbons (Fsp3) is 0.400. The number of nitrogens with one attached hydrogen (secondary N) is 1. The Morgan fingerprint density at radius 2 is 1.77 bits per heavy atom. The number of Topliss-reactive ketones (excluding diaryl/α,β-unsaturated/α-hetero) is 1. The van der Waals surface area contributed by atoms with E-state index in [9.17, 15) is 14.0 Å². The van der Waals surface area contributed by atoms with Crippen molar-refractivity contribution in [2.45, 2.75) is 27.3 Å². The van der Waals surface area contributed by atoms with Crippen LogP contribution in [0.5, 0.6) is 0 Å². The Hall–Kier alpha value is -2.47. The van der Waals surface area contributed by atoms with Crippen molar-refractivity contribution in [2.24, 2.45) is 0 Å². The summed E-state index contributed by atoms with van der Waals surface area (Å²) < 4.78 is 13.8. The van der Waals surface area contributed by atoms with Gasteiger partial charge in [-0.25, -0.2) is 4.39 Å². The zero-order chi connectivity index (χ0) is 18.8. The van der Waals surface area contributed by atoms with Crippen LogP contribution in [-0.4, -0.2) is 52.7 Å². The van der Waals surface area contributed by atoms with Crippen molar-refractivity contribution in [3.63, 3.8) is 0 Å². The minimum atomic E-state index is -0.194. The van der Waals surface area contributed by atoms with Crippen LogP contribution < -0.4 is 0 Å². The predicted molar refractivity (Wildman–Crippen MR) is 97.9 cm³/mol. The van der Waals surface area contributed by atoms with Gasteiger partial charge in [0.15, 0.2) is 5.78 Å². The molecule has 0 saturated carbocycles. The van der Waals surface area contributed by atoms with E-state index < -0.39 is 0 Å². The molecule has 5 nitrogen and oxygen atoms in total. The zero-order valence-electron chi connectivity index (χ0n) is 15.4. The van der Waals surface area contributed by atoms with Crippen molar-refractivity contribution in [2.75, 3.05) is 26.2 Å². The molecule has 2 aromatic rings. The number of aromatic amines is 1. The van der Waals surface area contributed by atoms with Gasteiger partial charge in [-0.3, -0.25) is 14.5 Å². The summed E-state index contributed by atoms with van der Waals surface area (Å²) in [5.74, 6) is -0.311. The summed E-state index contributed by atoms with van der Waals surface area (Å²) in [5, 5.41) is 0. The van der Waals surface area contributed by atoms with E-state index in [0.29, 0.717) is 55.1 Å². The van der Waals surface area contributed by atoms with Crippen LogP contribution in [0.3, 0.4) is 0 Å². The number of halogens is 1. The second-order valence-electron chi connectivity index (χ2n) is 6.84. The van der Waals surface area contributed by atoms with Gasteiger partial charge < -0.3 is 9.88 Å². The third-order valence-corrected chi connectivity index (χ3v) is 5.01. The summed E-state index contributed by atoms with van der Waals surface area (Å²) in [6.07, 6.45) is 0. The van der Waals surface area contributed by atoms with Gasteiger partial charge in [0.1, 0.15) is 11.5 Å². The topological polar surface area (TPSA) is 56.4 Å². The minimum absolute atomic E-state index is 0.0370. The van der Waals surface area contributed by atoms with Crippen LogP contribution in [0, 0.1) is 19.7 Å². The molecule has 6 heteroatoms. The molecular weight excluding hydrogens is 333 g/mol. The van der Waals surface area contributed by atoms with Gasteiger partial charge in [-0.1, -0.05) is 18.2 Å². The van der Waals surface area contributed by atoms with Crippen molar-refractivity contribution < 1.29 is 14.0 Å². The zero-order valence-corrected chi connectivity index (χ0v) is 15.4. The highest BCUT2D eigenvalue weighted by molar-refractivity contribution is 6.02. The number of H-pyrrole nitrogens is 1. The number of ketones is 1. The minimum Gasteiger partial charge on any atom is -0.354 e. The standard InChI is InChI=1S/C20H24FN3O2/c1-13-18(15(3)25)14(2)22-19(13)20(26)24-10-8-23(9-11-24)12-16-6-4-5-7-17(16)21/h4-7,22H,8-12H2,1-3H3. The molecule has 1 aliphatic rings. The highest BCUT2D eigenvalue weighted by atomic mass is 19.1.